The molecule has 1 aliphatic heterocycles. The van der Waals surface area contributed by atoms with Crippen LogP contribution in [-0.2, 0) is 0 Å². The minimum absolute atomic E-state index is 0.705. The largest absolute Gasteiger partial charge is 0.269 e. The van der Waals surface area contributed by atoms with Gasteiger partial charge in [0.25, 0.3) is 0 Å². The van der Waals surface area contributed by atoms with Gasteiger partial charge in [-0.25, -0.2) is 0 Å². The number of aliphatic imine (C=N–C) groups is 1. The van der Waals surface area contributed by atoms with Gasteiger partial charge < -0.3 is 0 Å². The molecule has 1 heterocycles. The first-order valence-corrected chi connectivity index (χ1v) is 4.84. The normalized spacial score (nSPS) is 28.7. The first kappa shape index (κ1) is 7.78. The first-order valence-electron chi connectivity index (χ1n) is 4.84. The van der Waals surface area contributed by atoms with Crippen molar-refractivity contribution < 1.29 is 0 Å². The van der Waals surface area contributed by atoms with Crippen LogP contribution in [0.2, 0.25) is 0 Å². The maximum absolute atomic E-state index is 4.21. The fourth-order valence-corrected chi connectivity index (χ4v) is 1.92. The Bertz CT molecular complexity index is 235. The highest BCUT2D eigenvalue weighted by atomic mass is 14.7. The van der Waals surface area contributed by atoms with Crippen LogP contribution in [0, 0.1) is 5.92 Å². The molecule has 2 aliphatic rings. The molecule has 0 N–H and O–H groups in total. The van der Waals surface area contributed by atoms with Crippen molar-refractivity contribution in [1.82, 2.24) is 0 Å². The molecule has 0 spiro atoms. The highest BCUT2D eigenvalue weighted by molar-refractivity contribution is 5.60. The van der Waals surface area contributed by atoms with E-state index < -0.39 is 0 Å². The predicted octanol–water partition coefficient (Wildman–Crippen LogP) is 3.09. The second-order valence-corrected chi connectivity index (χ2v) is 3.54. The molecule has 1 unspecified atom stereocenters. The molecule has 12 heavy (non-hydrogen) atoms. The lowest BCUT2D eigenvalue weighted by Gasteiger charge is -2.20. The van der Waals surface area contributed by atoms with E-state index in [9.17, 15) is 0 Å². The van der Waals surface area contributed by atoms with Crippen molar-refractivity contribution in [2.45, 2.75) is 32.1 Å². The van der Waals surface area contributed by atoms with Crippen molar-refractivity contribution in [2.24, 2.45) is 10.9 Å². The first-order chi connectivity index (χ1) is 5.97. The number of hydrogen-bond donors (Lipinski definition) is 0. The van der Waals surface area contributed by atoms with E-state index in [4.69, 9.17) is 0 Å². The van der Waals surface area contributed by atoms with E-state index in [-0.39, 0.29) is 0 Å². The van der Waals surface area contributed by atoms with Crippen LogP contribution in [0.25, 0.3) is 0 Å². The Morgan fingerprint density at radius 1 is 1.33 bits per heavy atom. The summed E-state index contributed by atoms with van der Waals surface area (Å²) in [5.41, 5.74) is 1.54. The lowest BCUT2D eigenvalue weighted by molar-refractivity contribution is 0.586. The summed E-state index contributed by atoms with van der Waals surface area (Å²) in [4.78, 5) is 4.21. The Morgan fingerprint density at radius 3 is 3.00 bits per heavy atom. The highest BCUT2D eigenvalue weighted by Crippen LogP contribution is 2.28. The molecule has 0 aromatic rings. The fraction of sp³-hybridized carbons (Fsp3) is 0.545. The van der Waals surface area contributed by atoms with Gasteiger partial charge >= 0.3 is 0 Å². The van der Waals surface area contributed by atoms with Crippen molar-refractivity contribution in [1.29, 1.82) is 0 Å². The molecule has 0 amide bonds. The molecule has 0 saturated carbocycles. The van der Waals surface area contributed by atoms with Crippen molar-refractivity contribution in [3.05, 3.63) is 23.9 Å². The van der Waals surface area contributed by atoms with E-state index in [1.807, 2.05) is 6.21 Å². The highest BCUT2D eigenvalue weighted by Gasteiger charge is 2.13. The van der Waals surface area contributed by atoms with Gasteiger partial charge in [0.15, 0.2) is 0 Å². The Morgan fingerprint density at radius 2 is 2.33 bits per heavy atom. The molecule has 2 rings (SSSR count). The molecule has 0 radical (unpaired) electrons. The second kappa shape index (κ2) is 3.70. The third-order valence-electron chi connectivity index (χ3n) is 2.64. The molecule has 1 heteroatoms. The molecule has 0 saturated heterocycles. The maximum atomic E-state index is 4.21. The lowest BCUT2D eigenvalue weighted by atomic mass is 9.87. The van der Waals surface area contributed by atoms with Crippen LogP contribution in [0.3, 0.4) is 0 Å². The predicted molar refractivity (Wildman–Crippen MR) is 52.3 cm³/mol. The Balaban J connectivity index is 2.07. The van der Waals surface area contributed by atoms with Gasteiger partial charge in [0.05, 0.1) is 0 Å². The zero-order valence-electron chi connectivity index (χ0n) is 7.37. The molecule has 0 aromatic heterocycles. The zero-order chi connectivity index (χ0) is 8.23. The van der Waals surface area contributed by atoms with Crippen LogP contribution in [0.4, 0.5) is 0 Å². The van der Waals surface area contributed by atoms with Gasteiger partial charge in [0.1, 0.15) is 0 Å². The SMILES string of the molecule is C1=CC(C2=CN=CCC2)CCC1. The Kier molecular flexibility index (Phi) is 2.40. The molecule has 64 valence electrons. The van der Waals surface area contributed by atoms with E-state index >= 15 is 0 Å². The Labute approximate surface area is 73.9 Å². The summed E-state index contributed by atoms with van der Waals surface area (Å²) >= 11 is 0. The summed E-state index contributed by atoms with van der Waals surface area (Å²) in [6, 6.07) is 0. The van der Waals surface area contributed by atoms with Gasteiger partial charge in [0, 0.05) is 12.4 Å². The quantitative estimate of drug-likeness (QED) is 0.524. The van der Waals surface area contributed by atoms with Gasteiger partial charge in [-0.05, 0) is 43.6 Å². The van der Waals surface area contributed by atoms with Crippen molar-refractivity contribution >= 4 is 6.21 Å². The molecular formula is C11H15N. The van der Waals surface area contributed by atoms with Crippen LogP contribution in [0.5, 0.6) is 0 Å². The van der Waals surface area contributed by atoms with Crippen molar-refractivity contribution in [3.63, 3.8) is 0 Å². The van der Waals surface area contributed by atoms with Gasteiger partial charge in [-0.1, -0.05) is 12.2 Å². The van der Waals surface area contributed by atoms with Crippen LogP contribution in [0.1, 0.15) is 32.1 Å². The average Bonchev–Trinajstić information content (AvgIpc) is 2.21. The number of allylic oxidation sites excluding steroid dienone is 3. The average molecular weight is 161 g/mol. The monoisotopic (exact) mass is 161 g/mol. The topological polar surface area (TPSA) is 12.4 Å². The van der Waals surface area contributed by atoms with Gasteiger partial charge in [0.2, 0.25) is 0 Å². The second-order valence-electron chi connectivity index (χ2n) is 3.54. The number of rotatable bonds is 1. The summed E-state index contributed by atoms with van der Waals surface area (Å²) in [5.74, 6) is 0.705. The Hall–Kier alpha value is -0.850. The number of hydrogen-bond acceptors (Lipinski definition) is 1. The smallest absolute Gasteiger partial charge is 0.0261 e. The van der Waals surface area contributed by atoms with Crippen LogP contribution >= 0.6 is 0 Å². The summed E-state index contributed by atoms with van der Waals surface area (Å²) in [7, 11) is 0. The fourth-order valence-electron chi connectivity index (χ4n) is 1.92. The maximum Gasteiger partial charge on any atom is 0.0261 e. The van der Waals surface area contributed by atoms with Gasteiger partial charge in [-0.15, -0.1) is 0 Å². The molecule has 0 aromatic carbocycles. The van der Waals surface area contributed by atoms with E-state index in [1.54, 1.807) is 0 Å². The third kappa shape index (κ3) is 1.66. The van der Waals surface area contributed by atoms with Crippen LogP contribution < -0.4 is 0 Å². The molecule has 1 atom stereocenters. The lowest BCUT2D eigenvalue weighted by Crippen LogP contribution is -2.06. The van der Waals surface area contributed by atoms with Crippen molar-refractivity contribution in [2.75, 3.05) is 0 Å². The third-order valence-corrected chi connectivity index (χ3v) is 2.64. The summed E-state index contributed by atoms with van der Waals surface area (Å²) in [6.45, 7) is 0. The van der Waals surface area contributed by atoms with Crippen molar-refractivity contribution in [3.8, 4) is 0 Å². The van der Waals surface area contributed by atoms with Gasteiger partial charge in [-0.3, -0.25) is 4.99 Å². The molecular weight excluding hydrogens is 146 g/mol. The molecule has 0 fully saturated rings. The van der Waals surface area contributed by atoms with E-state index in [2.05, 4.69) is 23.3 Å². The summed E-state index contributed by atoms with van der Waals surface area (Å²) in [5, 5.41) is 0. The molecule has 1 nitrogen and oxygen atoms in total. The standard InChI is InChI=1S/C11H15N/c1-2-5-10(6-3-1)11-7-4-8-12-9-11/h2,5,8-10H,1,3-4,6-7H2. The van der Waals surface area contributed by atoms with E-state index in [0.717, 1.165) is 6.42 Å². The minimum Gasteiger partial charge on any atom is -0.269 e. The van der Waals surface area contributed by atoms with Crippen LogP contribution in [0.15, 0.2) is 28.9 Å². The molecule has 1 aliphatic carbocycles. The summed E-state index contributed by atoms with van der Waals surface area (Å²) in [6.07, 6.45) is 15.0. The zero-order valence-corrected chi connectivity index (χ0v) is 7.37. The van der Waals surface area contributed by atoms with E-state index in [0.29, 0.717) is 5.92 Å². The number of nitrogens with zero attached hydrogens (tertiary/aromatic N) is 1. The minimum atomic E-state index is 0.705. The van der Waals surface area contributed by atoms with E-state index in [1.165, 1.54) is 31.3 Å². The summed E-state index contributed by atoms with van der Waals surface area (Å²) < 4.78 is 0. The van der Waals surface area contributed by atoms with Crippen LogP contribution in [-0.4, -0.2) is 6.21 Å². The molecule has 0 bridgehead atoms. The van der Waals surface area contributed by atoms with Gasteiger partial charge in [-0.2, -0.15) is 0 Å².